The zero-order valence-corrected chi connectivity index (χ0v) is 10.7. The largest absolute Gasteiger partial charge is 0.271 e. The second kappa shape index (κ2) is 6.74. The summed E-state index contributed by atoms with van der Waals surface area (Å²) in [4.78, 5) is 0. The van der Waals surface area contributed by atoms with E-state index in [1.165, 1.54) is 6.07 Å². The molecule has 0 amide bonds. The Morgan fingerprint density at radius 2 is 2.29 bits per heavy atom. The van der Waals surface area contributed by atoms with Crippen LogP contribution in [0.4, 0.5) is 4.39 Å². The smallest absolute Gasteiger partial charge is 0.145 e. The number of hydrogen-bond acceptors (Lipinski definition) is 2. The van der Waals surface area contributed by atoms with Gasteiger partial charge in [0, 0.05) is 6.04 Å². The van der Waals surface area contributed by atoms with Crippen LogP contribution in [0.2, 0.25) is 5.02 Å². The molecule has 0 spiro atoms. The Bertz CT molecular complexity index is 393. The summed E-state index contributed by atoms with van der Waals surface area (Å²) in [5.74, 6) is 5.10. The van der Waals surface area contributed by atoms with Crippen molar-refractivity contribution < 1.29 is 4.39 Å². The second-order valence-electron chi connectivity index (χ2n) is 4.09. The molecule has 1 atom stereocenters. The first-order valence-corrected chi connectivity index (χ1v) is 6.02. The summed E-state index contributed by atoms with van der Waals surface area (Å²) in [5, 5.41) is 0.146. The first-order chi connectivity index (χ1) is 8.08. The van der Waals surface area contributed by atoms with E-state index in [1.807, 2.05) is 6.92 Å². The van der Waals surface area contributed by atoms with Gasteiger partial charge in [-0.15, -0.1) is 0 Å². The molecule has 0 saturated heterocycles. The SMILES string of the molecule is C=C(CC)CC(Cc1cccc(Cl)c1F)NN. The molecule has 0 aliphatic carbocycles. The predicted molar refractivity (Wildman–Crippen MR) is 70.3 cm³/mol. The summed E-state index contributed by atoms with van der Waals surface area (Å²) in [6.45, 7) is 5.96. The van der Waals surface area contributed by atoms with Crippen molar-refractivity contribution in [1.29, 1.82) is 0 Å². The van der Waals surface area contributed by atoms with Crippen molar-refractivity contribution in [2.75, 3.05) is 0 Å². The zero-order valence-electron chi connectivity index (χ0n) is 9.97. The third-order valence-corrected chi connectivity index (χ3v) is 3.06. The van der Waals surface area contributed by atoms with Crippen molar-refractivity contribution in [3.63, 3.8) is 0 Å². The molecule has 0 bridgehead atoms. The van der Waals surface area contributed by atoms with Gasteiger partial charge in [-0.2, -0.15) is 0 Å². The highest BCUT2D eigenvalue weighted by atomic mass is 35.5. The second-order valence-corrected chi connectivity index (χ2v) is 4.50. The maximum Gasteiger partial charge on any atom is 0.145 e. The lowest BCUT2D eigenvalue weighted by atomic mass is 9.99. The molecule has 1 unspecified atom stereocenters. The van der Waals surface area contributed by atoms with Gasteiger partial charge >= 0.3 is 0 Å². The normalized spacial score (nSPS) is 12.5. The number of benzene rings is 1. The summed E-state index contributed by atoms with van der Waals surface area (Å²) >= 11 is 5.73. The van der Waals surface area contributed by atoms with Crippen molar-refractivity contribution in [2.24, 2.45) is 5.84 Å². The lowest BCUT2D eigenvalue weighted by Crippen LogP contribution is -2.37. The van der Waals surface area contributed by atoms with Crippen LogP contribution in [-0.4, -0.2) is 6.04 Å². The topological polar surface area (TPSA) is 38.0 Å². The van der Waals surface area contributed by atoms with Crippen LogP contribution in [0.3, 0.4) is 0 Å². The lowest BCUT2D eigenvalue weighted by molar-refractivity contribution is 0.502. The molecule has 0 radical (unpaired) electrons. The van der Waals surface area contributed by atoms with Crippen LogP contribution in [0.15, 0.2) is 30.4 Å². The van der Waals surface area contributed by atoms with Crippen LogP contribution >= 0.6 is 11.6 Å². The summed E-state index contributed by atoms with van der Waals surface area (Å²) in [6, 6.07) is 4.98. The van der Waals surface area contributed by atoms with Crippen molar-refractivity contribution in [1.82, 2.24) is 5.43 Å². The third kappa shape index (κ3) is 4.11. The van der Waals surface area contributed by atoms with E-state index in [2.05, 4.69) is 12.0 Å². The summed E-state index contributed by atoms with van der Waals surface area (Å²) in [6.07, 6.45) is 2.14. The van der Waals surface area contributed by atoms with Crippen molar-refractivity contribution >= 4 is 11.6 Å². The van der Waals surface area contributed by atoms with E-state index in [4.69, 9.17) is 17.4 Å². The lowest BCUT2D eigenvalue weighted by Gasteiger charge is -2.17. The molecule has 1 aromatic carbocycles. The van der Waals surface area contributed by atoms with Crippen LogP contribution in [0.1, 0.15) is 25.3 Å². The van der Waals surface area contributed by atoms with E-state index >= 15 is 0 Å². The van der Waals surface area contributed by atoms with Gasteiger partial charge in [0.2, 0.25) is 0 Å². The number of halogens is 2. The van der Waals surface area contributed by atoms with Gasteiger partial charge in [0.15, 0.2) is 0 Å². The van der Waals surface area contributed by atoms with Gasteiger partial charge in [-0.25, -0.2) is 4.39 Å². The quantitative estimate of drug-likeness (QED) is 0.466. The molecule has 94 valence electrons. The van der Waals surface area contributed by atoms with Crippen molar-refractivity contribution in [3.05, 3.63) is 46.8 Å². The average Bonchev–Trinajstić information content (AvgIpc) is 2.33. The van der Waals surface area contributed by atoms with Gasteiger partial charge in [-0.1, -0.05) is 42.8 Å². The Balaban J connectivity index is 2.73. The molecule has 0 fully saturated rings. The van der Waals surface area contributed by atoms with Crippen LogP contribution < -0.4 is 11.3 Å². The van der Waals surface area contributed by atoms with Gasteiger partial charge in [0.05, 0.1) is 5.02 Å². The molecule has 1 rings (SSSR count). The summed E-state index contributed by atoms with van der Waals surface area (Å²) in [7, 11) is 0. The van der Waals surface area contributed by atoms with E-state index in [1.54, 1.807) is 12.1 Å². The van der Waals surface area contributed by atoms with Crippen molar-refractivity contribution in [3.8, 4) is 0 Å². The molecule has 0 aliphatic rings. The van der Waals surface area contributed by atoms with E-state index in [9.17, 15) is 4.39 Å². The Morgan fingerprint density at radius 1 is 1.59 bits per heavy atom. The molecule has 2 nitrogen and oxygen atoms in total. The van der Waals surface area contributed by atoms with Crippen molar-refractivity contribution in [2.45, 2.75) is 32.2 Å². The molecular weight excluding hydrogens is 239 g/mol. The van der Waals surface area contributed by atoms with E-state index < -0.39 is 0 Å². The minimum absolute atomic E-state index is 0.0181. The number of nitrogens with two attached hydrogens (primary N) is 1. The maximum atomic E-state index is 13.7. The molecular formula is C13H18ClFN2. The molecule has 4 heteroatoms. The Kier molecular flexibility index (Phi) is 5.62. The van der Waals surface area contributed by atoms with Gasteiger partial charge in [0.25, 0.3) is 0 Å². The van der Waals surface area contributed by atoms with Crippen LogP contribution in [0, 0.1) is 5.82 Å². The fourth-order valence-electron chi connectivity index (χ4n) is 1.65. The van der Waals surface area contributed by atoms with Crippen LogP contribution in [-0.2, 0) is 6.42 Å². The third-order valence-electron chi connectivity index (χ3n) is 2.77. The van der Waals surface area contributed by atoms with E-state index in [-0.39, 0.29) is 16.9 Å². The monoisotopic (exact) mass is 256 g/mol. The number of nitrogens with one attached hydrogen (secondary N) is 1. The molecule has 0 aromatic heterocycles. The first kappa shape index (κ1) is 14.2. The summed E-state index contributed by atoms with van der Waals surface area (Å²) < 4.78 is 13.7. The maximum absolute atomic E-state index is 13.7. The molecule has 0 heterocycles. The van der Waals surface area contributed by atoms with Crippen LogP contribution in [0.25, 0.3) is 0 Å². The van der Waals surface area contributed by atoms with Gasteiger partial charge in [-0.3, -0.25) is 11.3 Å². The van der Waals surface area contributed by atoms with E-state index in [0.29, 0.717) is 12.0 Å². The highest BCUT2D eigenvalue weighted by Crippen LogP contribution is 2.20. The average molecular weight is 257 g/mol. The predicted octanol–water partition coefficient (Wildman–Crippen LogP) is 3.21. The Labute approximate surface area is 107 Å². The molecule has 17 heavy (non-hydrogen) atoms. The molecule has 3 N–H and O–H groups in total. The van der Waals surface area contributed by atoms with Gasteiger partial charge in [0.1, 0.15) is 5.82 Å². The highest BCUT2D eigenvalue weighted by Gasteiger charge is 2.13. The first-order valence-electron chi connectivity index (χ1n) is 5.64. The zero-order chi connectivity index (χ0) is 12.8. The van der Waals surface area contributed by atoms with Gasteiger partial charge in [-0.05, 0) is 30.9 Å². The fourth-order valence-corrected chi connectivity index (χ4v) is 1.85. The minimum atomic E-state index is -0.364. The Hall–Kier alpha value is -0.900. The number of hydrazine groups is 1. The molecule has 1 aromatic rings. The van der Waals surface area contributed by atoms with Gasteiger partial charge < -0.3 is 0 Å². The minimum Gasteiger partial charge on any atom is -0.271 e. The number of rotatable bonds is 6. The number of hydrogen-bond donors (Lipinski definition) is 2. The molecule has 0 saturated carbocycles. The highest BCUT2D eigenvalue weighted by molar-refractivity contribution is 6.30. The fraction of sp³-hybridized carbons (Fsp3) is 0.385. The Morgan fingerprint density at radius 3 is 2.88 bits per heavy atom. The van der Waals surface area contributed by atoms with Crippen LogP contribution in [0.5, 0.6) is 0 Å². The standard InChI is InChI=1S/C13H18ClFN2/c1-3-9(2)7-11(17-16)8-10-5-4-6-12(14)13(10)15/h4-6,11,17H,2-3,7-8,16H2,1H3. The summed E-state index contributed by atoms with van der Waals surface area (Å²) in [5.41, 5.74) is 4.36. The molecule has 0 aliphatic heterocycles. The van der Waals surface area contributed by atoms with E-state index in [0.717, 1.165) is 18.4 Å².